The lowest BCUT2D eigenvalue weighted by atomic mass is 9.99. The van der Waals surface area contributed by atoms with E-state index in [0.717, 1.165) is 24.2 Å². The fourth-order valence-electron chi connectivity index (χ4n) is 1.82. The van der Waals surface area contributed by atoms with E-state index >= 15 is 0 Å². The number of benzene rings is 1. The van der Waals surface area contributed by atoms with Crippen LogP contribution in [0.2, 0.25) is 5.02 Å². The lowest BCUT2D eigenvalue weighted by Gasteiger charge is -2.26. The maximum atomic E-state index is 5.95. The molecule has 0 spiro atoms. The van der Waals surface area contributed by atoms with Crippen molar-refractivity contribution in [1.82, 2.24) is 0 Å². The molecule has 0 N–H and O–H groups in total. The molecule has 0 fully saturated rings. The minimum absolute atomic E-state index is 0.510. The van der Waals surface area contributed by atoms with Crippen LogP contribution in [0, 0.1) is 11.8 Å². The van der Waals surface area contributed by atoms with Crippen LogP contribution in [0.3, 0.4) is 0 Å². The molecule has 0 saturated heterocycles. The van der Waals surface area contributed by atoms with Crippen LogP contribution in [0.5, 0.6) is 5.75 Å². The van der Waals surface area contributed by atoms with Crippen molar-refractivity contribution in [1.29, 1.82) is 0 Å². The van der Waals surface area contributed by atoms with E-state index in [0.29, 0.717) is 5.02 Å². The van der Waals surface area contributed by atoms with Crippen molar-refractivity contribution in [2.24, 2.45) is 0 Å². The van der Waals surface area contributed by atoms with Gasteiger partial charge in [0.25, 0.3) is 0 Å². The number of hydrogen-bond acceptors (Lipinski definition) is 1. The van der Waals surface area contributed by atoms with Gasteiger partial charge in [-0.2, -0.15) is 0 Å². The van der Waals surface area contributed by atoms with Gasteiger partial charge >= 0.3 is 0 Å². The Morgan fingerprint density at radius 1 is 1.19 bits per heavy atom. The molecule has 1 rings (SSSR count). The number of unbranched alkanes of at least 4 members (excludes halogenated alkanes) is 4. The van der Waals surface area contributed by atoms with Gasteiger partial charge in [0.05, 0.1) is 0 Å². The average molecular weight is 305 g/mol. The van der Waals surface area contributed by atoms with E-state index in [-0.39, 0.29) is 0 Å². The highest BCUT2D eigenvalue weighted by molar-refractivity contribution is 6.30. The van der Waals surface area contributed by atoms with Gasteiger partial charge in [-0.1, -0.05) is 56.2 Å². The molecular formula is C19H25ClO. The Morgan fingerprint density at radius 3 is 2.48 bits per heavy atom. The normalized spacial score (nSPS) is 10.7. The van der Waals surface area contributed by atoms with Crippen LogP contribution >= 0.6 is 11.6 Å². The van der Waals surface area contributed by atoms with Crippen LogP contribution < -0.4 is 4.74 Å². The molecule has 21 heavy (non-hydrogen) atoms. The predicted octanol–water partition coefficient (Wildman–Crippen LogP) is 6.03. The molecule has 0 aliphatic carbocycles. The number of ether oxygens (including phenoxy) is 1. The Balaban J connectivity index is 2.51. The van der Waals surface area contributed by atoms with Gasteiger partial charge in [-0.05, 0) is 44.5 Å². The fourth-order valence-corrected chi connectivity index (χ4v) is 1.94. The van der Waals surface area contributed by atoms with E-state index in [9.17, 15) is 0 Å². The summed E-state index contributed by atoms with van der Waals surface area (Å²) in [6.07, 6.45) is 5.88. The smallest absolute Gasteiger partial charge is 0.135 e. The molecule has 0 aliphatic rings. The van der Waals surface area contributed by atoms with Gasteiger partial charge in [0, 0.05) is 17.0 Å². The SMILES string of the molecule is C=C(C#CCCCCCC)C(C)(C)Oc1ccc(Cl)cc1. The van der Waals surface area contributed by atoms with Gasteiger partial charge in [-0.15, -0.1) is 0 Å². The molecule has 0 saturated carbocycles. The highest BCUT2D eigenvalue weighted by atomic mass is 35.5. The van der Waals surface area contributed by atoms with E-state index in [1.807, 2.05) is 38.1 Å². The summed E-state index contributed by atoms with van der Waals surface area (Å²) in [5.74, 6) is 7.10. The van der Waals surface area contributed by atoms with Crippen LogP contribution in [-0.4, -0.2) is 5.60 Å². The molecule has 0 aliphatic heterocycles. The summed E-state index contributed by atoms with van der Waals surface area (Å²) in [6.45, 7) is 10.2. The van der Waals surface area contributed by atoms with Crippen molar-refractivity contribution in [3.63, 3.8) is 0 Å². The van der Waals surface area contributed by atoms with Crippen molar-refractivity contribution in [3.8, 4) is 17.6 Å². The maximum absolute atomic E-state index is 5.95. The molecule has 0 atom stereocenters. The first-order chi connectivity index (χ1) is 9.95. The highest BCUT2D eigenvalue weighted by Crippen LogP contribution is 2.24. The van der Waals surface area contributed by atoms with Crippen molar-refractivity contribution in [3.05, 3.63) is 41.4 Å². The zero-order valence-electron chi connectivity index (χ0n) is 13.3. The lowest BCUT2D eigenvalue weighted by Crippen LogP contribution is -2.29. The summed E-state index contributed by atoms with van der Waals surface area (Å²) in [4.78, 5) is 0. The topological polar surface area (TPSA) is 9.23 Å². The minimum atomic E-state index is -0.510. The van der Waals surface area contributed by atoms with Crippen molar-refractivity contribution in [2.45, 2.75) is 58.5 Å². The summed E-state index contributed by atoms with van der Waals surface area (Å²) < 4.78 is 5.95. The molecule has 0 radical (unpaired) electrons. The minimum Gasteiger partial charge on any atom is -0.483 e. The lowest BCUT2D eigenvalue weighted by molar-refractivity contribution is 0.154. The van der Waals surface area contributed by atoms with Crippen LogP contribution in [-0.2, 0) is 0 Å². The Kier molecular flexibility index (Phi) is 7.40. The third kappa shape index (κ3) is 6.74. The molecule has 1 aromatic carbocycles. The van der Waals surface area contributed by atoms with Gasteiger partial charge < -0.3 is 4.74 Å². The standard InChI is InChI=1S/C19H25ClO/c1-5-6-7-8-9-10-11-16(2)19(3,4)21-18-14-12-17(20)13-15-18/h12-15H,2,5-9H2,1,3-4H3. The average Bonchev–Trinajstić information content (AvgIpc) is 2.44. The van der Waals surface area contributed by atoms with Gasteiger partial charge in [-0.25, -0.2) is 0 Å². The van der Waals surface area contributed by atoms with Gasteiger partial charge in [0.1, 0.15) is 11.4 Å². The number of hydrogen-bond donors (Lipinski definition) is 0. The van der Waals surface area contributed by atoms with Gasteiger partial charge in [0.2, 0.25) is 0 Å². The van der Waals surface area contributed by atoms with Crippen molar-refractivity contribution >= 4 is 11.6 Å². The van der Waals surface area contributed by atoms with Crippen molar-refractivity contribution in [2.75, 3.05) is 0 Å². The molecule has 0 aromatic heterocycles. The summed E-state index contributed by atoms with van der Waals surface area (Å²) >= 11 is 5.87. The Labute approximate surface area is 134 Å². The largest absolute Gasteiger partial charge is 0.483 e. The first-order valence-electron chi connectivity index (χ1n) is 7.58. The first-order valence-corrected chi connectivity index (χ1v) is 7.96. The van der Waals surface area contributed by atoms with Crippen LogP contribution in [0.1, 0.15) is 52.9 Å². The Bertz CT molecular complexity index is 503. The third-order valence-electron chi connectivity index (χ3n) is 3.31. The monoisotopic (exact) mass is 304 g/mol. The number of rotatable bonds is 7. The van der Waals surface area contributed by atoms with Crippen LogP contribution in [0.25, 0.3) is 0 Å². The maximum Gasteiger partial charge on any atom is 0.135 e. The molecule has 114 valence electrons. The fraction of sp³-hybridized carbons (Fsp3) is 0.474. The first kappa shape index (κ1) is 17.7. The Morgan fingerprint density at radius 2 is 1.86 bits per heavy atom. The zero-order chi connectivity index (χ0) is 15.7. The summed E-state index contributed by atoms with van der Waals surface area (Å²) in [5, 5.41) is 0.700. The highest BCUT2D eigenvalue weighted by Gasteiger charge is 2.22. The second kappa shape index (κ2) is 8.80. The molecular weight excluding hydrogens is 280 g/mol. The molecule has 0 bridgehead atoms. The second-order valence-electron chi connectivity index (χ2n) is 5.66. The zero-order valence-corrected chi connectivity index (χ0v) is 14.1. The summed E-state index contributed by atoms with van der Waals surface area (Å²) in [5.41, 5.74) is 0.289. The van der Waals surface area contributed by atoms with E-state index in [2.05, 4.69) is 25.3 Å². The van der Waals surface area contributed by atoms with Crippen LogP contribution in [0.4, 0.5) is 0 Å². The molecule has 0 heterocycles. The van der Waals surface area contributed by atoms with Gasteiger partial charge in [0.15, 0.2) is 0 Å². The third-order valence-corrected chi connectivity index (χ3v) is 3.56. The molecule has 1 nitrogen and oxygen atoms in total. The van der Waals surface area contributed by atoms with E-state index in [1.54, 1.807) is 0 Å². The molecule has 0 unspecified atom stereocenters. The van der Waals surface area contributed by atoms with Crippen molar-refractivity contribution < 1.29 is 4.74 Å². The number of halogens is 1. The molecule has 2 heteroatoms. The van der Waals surface area contributed by atoms with E-state index < -0.39 is 5.60 Å². The van der Waals surface area contributed by atoms with Crippen LogP contribution in [0.15, 0.2) is 36.4 Å². The van der Waals surface area contributed by atoms with E-state index in [4.69, 9.17) is 16.3 Å². The second-order valence-corrected chi connectivity index (χ2v) is 6.09. The summed E-state index contributed by atoms with van der Waals surface area (Å²) in [7, 11) is 0. The van der Waals surface area contributed by atoms with E-state index in [1.165, 1.54) is 19.3 Å². The summed E-state index contributed by atoms with van der Waals surface area (Å²) in [6, 6.07) is 7.34. The van der Waals surface area contributed by atoms with Gasteiger partial charge in [-0.3, -0.25) is 0 Å². The quantitative estimate of drug-likeness (QED) is 0.441. The Hall–Kier alpha value is -1.39. The predicted molar refractivity (Wildman–Crippen MR) is 91.8 cm³/mol. The molecule has 1 aromatic rings. The molecule has 0 amide bonds.